The molecule has 5 heteroatoms. The first-order valence-electron chi connectivity index (χ1n) is 10.3. The van der Waals surface area contributed by atoms with Gasteiger partial charge < -0.3 is 10.6 Å². The molecule has 8 unspecified atom stereocenters. The Labute approximate surface area is 149 Å². The smallest absolute Gasteiger partial charge is 0.242 e. The Kier molecular flexibility index (Phi) is 4.76. The SMILES string of the molecule is CC1CCC(F)C2CC(C(=O)NC3C(=O)NCC4CCCCC43)CC12. The van der Waals surface area contributed by atoms with Crippen molar-refractivity contribution in [2.75, 3.05) is 6.54 Å². The lowest BCUT2D eigenvalue weighted by atomic mass is 9.73. The molecule has 25 heavy (non-hydrogen) atoms. The second-order valence-electron chi connectivity index (χ2n) is 9.01. The summed E-state index contributed by atoms with van der Waals surface area (Å²) < 4.78 is 14.3. The lowest BCUT2D eigenvalue weighted by Gasteiger charge is -2.41. The minimum Gasteiger partial charge on any atom is -0.354 e. The Morgan fingerprint density at radius 1 is 1.08 bits per heavy atom. The average molecular weight is 350 g/mol. The second kappa shape index (κ2) is 6.88. The lowest BCUT2D eigenvalue weighted by molar-refractivity contribution is -0.135. The van der Waals surface area contributed by atoms with Crippen molar-refractivity contribution in [3.05, 3.63) is 0 Å². The zero-order valence-corrected chi connectivity index (χ0v) is 15.2. The highest BCUT2D eigenvalue weighted by molar-refractivity contribution is 5.89. The van der Waals surface area contributed by atoms with Gasteiger partial charge in [-0.1, -0.05) is 19.8 Å². The van der Waals surface area contributed by atoms with Gasteiger partial charge in [-0.2, -0.15) is 0 Å². The van der Waals surface area contributed by atoms with Gasteiger partial charge in [0.05, 0.1) is 0 Å². The van der Waals surface area contributed by atoms with Crippen LogP contribution in [0.2, 0.25) is 0 Å². The average Bonchev–Trinajstić information content (AvgIpc) is 3.07. The van der Waals surface area contributed by atoms with E-state index in [0.717, 1.165) is 38.6 Å². The van der Waals surface area contributed by atoms with Crippen LogP contribution in [0.15, 0.2) is 0 Å². The summed E-state index contributed by atoms with van der Waals surface area (Å²) in [5, 5.41) is 6.05. The quantitative estimate of drug-likeness (QED) is 0.804. The summed E-state index contributed by atoms with van der Waals surface area (Å²) in [7, 11) is 0. The molecule has 4 rings (SSSR count). The van der Waals surface area contributed by atoms with E-state index in [1.54, 1.807) is 0 Å². The molecular formula is C20H31FN2O2. The number of fused-ring (bicyclic) bond motifs is 2. The van der Waals surface area contributed by atoms with Crippen LogP contribution in [0.1, 0.15) is 58.3 Å². The summed E-state index contributed by atoms with van der Waals surface area (Å²) in [6, 6.07) is -0.382. The highest BCUT2D eigenvalue weighted by Gasteiger charge is 2.48. The van der Waals surface area contributed by atoms with Gasteiger partial charge in [-0.05, 0) is 68.1 Å². The van der Waals surface area contributed by atoms with Gasteiger partial charge in [0.15, 0.2) is 0 Å². The summed E-state index contributed by atoms with van der Waals surface area (Å²) in [4.78, 5) is 25.2. The van der Waals surface area contributed by atoms with Crippen molar-refractivity contribution < 1.29 is 14.0 Å². The summed E-state index contributed by atoms with van der Waals surface area (Å²) in [6.07, 6.45) is 6.82. The second-order valence-corrected chi connectivity index (χ2v) is 9.01. The van der Waals surface area contributed by atoms with Crippen LogP contribution in [0.4, 0.5) is 4.39 Å². The number of halogens is 1. The van der Waals surface area contributed by atoms with Crippen LogP contribution in [0.3, 0.4) is 0 Å². The minimum atomic E-state index is -0.750. The molecule has 4 aliphatic rings. The molecule has 3 aliphatic carbocycles. The highest BCUT2D eigenvalue weighted by Crippen LogP contribution is 2.49. The Hall–Kier alpha value is -1.13. The summed E-state index contributed by atoms with van der Waals surface area (Å²) in [5.74, 6) is 1.51. The first kappa shape index (κ1) is 17.3. The lowest BCUT2D eigenvalue weighted by Crippen LogP contribution is -2.59. The molecule has 4 nitrogen and oxygen atoms in total. The van der Waals surface area contributed by atoms with Crippen LogP contribution in [-0.2, 0) is 9.59 Å². The number of piperidine rings is 1. The van der Waals surface area contributed by atoms with Crippen LogP contribution >= 0.6 is 0 Å². The van der Waals surface area contributed by atoms with Crippen LogP contribution in [0, 0.1) is 35.5 Å². The van der Waals surface area contributed by atoms with Crippen molar-refractivity contribution in [1.29, 1.82) is 0 Å². The van der Waals surface area contributed by atoms with Gasteiger partial charge >= 0.3 is 0 Å². The molecular weight excluding hydrogens is 319 g/mol. The number of nitrogens with one attached hydrogen (secondary N) is 2. The molecule has 4 fully saturated rings. The predicted molar refractivity (Wildman–Crippen MR) is 93.4 cm³/mol. The number of carbonyl (C=O) groups excluding carboxylic acids is 2. The van der Waals surface area contributed by atoms with Crippen LogP contribution in [0.5, 0.6) is 0 Å². The van der Waals surface area contributed by atoms with Crippen molar-refractivity contribution in [1.82, 2.24) is 10.6 Å². The summed E-state index contributed by atoms with van der Waals surface area (Å²) in [6.45, 7) is 2.95. The molecule has 2 N–H and O–H groups in total. The van der Waals surface area contributed by atoms with Gasteiger partial charge in [0.25, 0.3) is 0 Å². The van der Waals surface area contributed by atoms with Crippen molar-refractivity contribution >= 4 is 11.8 Å². The molecule has 140 valence electrons. The fourth-order valence-electron chi connectivity index (χ4n) is 6.15. The van der Waals surface area contributed by atoms with Crippen LogP contribution in [-0.4, -0.2) is 30.6 Å². The van der Waals surface area contributed by atoms with Crippen LogP contribution in [0.25, 0.3) is 0 Å². The third-order valence-corrected chi connectivity index (χ3v) is 7.64. The minimum absolute atomic E-state index is 0.0137. The topological polar surface area (TPSA) is 58.2 Å². The number of rotatable bonds is 2. The van der Waals surface area contributed by atoms with E-state index in [4.69, 9.17) is 0 Å². The number of hydrogen-bond donors (Lipinski definition) is 2. The highest BCUT2D eigenvalue weighted by atomic mass is 19.1. The van der Waals surface area contributed by atoms with Gasteiger partial charge in [0.1, 0.15) is 12.2 Å². The van der Waals surface area contributed by atoms with Crippen LogP contribution < -0.4 is 10.6 Å². The van der Waals surface area contributed by atoms with Gasteiger partial charge in [-0.25, -0.2) is 4.39 Å². The van der Waals surface area contributed by atoms with Crippen molar-refractivity contribution in [2.45, 2.75) is 70.5 Å². The van der Waals surface area contributed by atoms with E-state index in [1.807, 2.05) is 0 Å². The third kappa shape index (κ3) is 3.19. The van der Waals surface area contributed by atoms with E-state index in [1.165, 1.54) is 6.42 Å². The van der Waals surface area contributed by atoms with E-state index < -0.39 is 6.17 Å². The molecule has 0 aromatic heterocycles. The molecule has 0 spiro atoms. The van der Waals surface area contributed by atoms with Crippen molar-refractivity contribution in [2.24, 2.45) is 35.5 Å². The maximum absolute atomic E-state index is 14.3. The van der Waals surface area contributed by atoms with Gasteiger partial charge in [-0.3, -0.25) is 9.59 Å². The predicted octanol–water partition coefficient (Wildman–Crippen LogP) is 2.82. The Morgan fingerprint density at radius 3 is 2.64 bits per heavy atom. The molecule has 1 heterocycles. The first-order valence-corrected chi connectivity index (χ1v) is 10.3. The monoisotopic (exact) mass is 350 g/mol. The zero-order valence-electron chi connectivity index (χ0n) is 15.2. The van der Waals surface area contributed by atoms with Crippen molar-refractivity contribution in [3.8, 4) is 0 Å². The number of carbonyl (C=O) groups is 2. The summed E-state index contributed by atoms with van der Waals surface area (Å²) >= 11 is 0. The molecule has 2 amide bonds. The molecule has 0 bridgehead atoms. The van der Waals surface area contributed by atoms with Crippen molar-refractivity contribution in [3.63, 3.8) is 0 Å². The van der Waals surface area contributed by atoms with E-state index >= 15 is 0 Å². The fourth-order valence-corrected chi connectivity index (χ4v) is 6.15. The Bertz CT molecular complexity index is 522. The van der Waals surface area contributed by atoms with E-state index in [0.29, 0.717) is 30.6 Å². The summed E-state index contributed by atoms with van der Waals surface area (Å²) in [5.41, 5.74) is 0. The zero-order chi connectivity index (χ0) is 17.6. The maximum Gasteiger partial charge on any atom is 0.242 e. The van der Waals surface area contributed by atoms with E-state index in [-0.39, 0.29) is 35.6 Å². The molecule has 1 aliphatic heterocycles. The largest absolute Gasteiger partial charge is 0.354 e. The van der Waals surface area contributed by atoms with Gasteiger partial charge in [0, 0.05) is 12.5 Å². The fraction of sp³-hybridized carbons (Fsp3) is 0.900. The molecule has 3 saturated carbocycles. The van der Waals surface area contributed by atoms with Gasteiger partial charge in [0.2, 0.25) is 11.8 Å². The van der Waals surface area contributed by atoms with Gasteiger partial charge in [-0.15, -0.1) is 0 Å². The molecule has 8 atom stereocenters. The van der Waals surface area contributed by atoms with E-state index in [2.05, 4.69) is 17.6 Å². The first-order chi connectivity index (χ1) is 12.0. The number of hydrogen-bond acceptors (Lipinski definition) is 2. The third-order valence-electron chi connectivity index (χ3n) is 7.64. The van der Waals surface area contributed by atoms with E-state index in [9.17, 15) is 14.0 Å². The molecule has 0 radical (unpaired) electrons. The standard InChI is InChI=1S/C20H31FN2O2/c1-11-6-7-17(21)16-9-13(8-15(11)16)19(24)23-18-14-5-3-2-4-12(14)10-22-20(18)25/h11-18H,2-10H2,1H3,(H,22,25)(H,23,24). The molecule has 0 aromatic carbocycles. The Balaban J connectivity index is 1.42. The maximum atomic E-state index is 14.3. The molecule has 1 saturated heterocycles. The molecule has 0 aromatic rings. The Morgan fingerprint density at radius 2 is 1.84 bits per heavy atom. The number of amides is 2. The number of alkyl halides is 1. The normalized spacial score (nSPS) is 46.7.